The largest absolute Gasteiger partial charge is 0.361 e. The molecule has 2 N–H and O–H groups in total. The second kappa shape index (κ2) is 9.40. The number of nitrogens with zero attached hydrogens (tertiary/aromatic N) is 2. The molecule has 2 heterocycles. The Morgan fingerprint density at radius 2 is 1.62 bits per heavy atom. The van der Waals surface area contributed by atoms with Crippen molar-refractivity contribution in [3.8, 4) is 0 Å². The summed E-state index contributed by atoms with van der Waals surface area (Å²) in [6.45, 7) is 5.00. The van der Waals surface area contributed by atoms with E-state index >= 15 is 0 Å². The molecule has 5 nitrogen and oxygen atoms in total. The standard InChI is InChI=1S/C29H28N4O/c1-20-28(21(2)33(32-20)19-22-11-5-3-6-12-22)29(34)31-17-25(23-13-7-4-8-14-23)26-18-30-27-16-10-9-15-24(26)27/h3-16,18,25,30H,17,19H2,1-2H3,(H,31,34). The molecular weight excluding hydrogens is 420 g/mol. The van der Waals surface area contributed by atoms with Crippen molar-refractivity contribution in [2.45, 2.75) is 26.3 Å². The molecule has 5 heteroatoms. The monoisotopic (exact) mass is 448 g/mol. The van der Waals surface area contributed by atoms with Gasteiger partial charge in [0.1, 0.15) is 0 Å². The number of rotatable bonds is 7. The lowest BCUT2D eigenvalue weighted by atomic mass is 9.91. The third-order valence-corrected chi connectivity index (χ3v) is 6.45. The molecule has 2 aromatic heterocycles. The maximum atomic E-state index is 13.3. The zero-order valence-corrected chi connectivity index (χ0v) is 19.5. The molecule has 3 aromatic carbocycles. The SMILES string of the molecule is Cc1nn(Cc2ccccc2)c(C)c1C(=O)NCC(c1ccccc1)c1c[nH]c2ccccc12. The molecule has 0 saturated carbocycles. The fourth-order valence-electron chi connectivity index (χ4n) is 4.69. The Labute approximate surface area is 199 Å². The minimum absolute atomic E-state index is 0.0290. The molecular formula is C29H28N4O. The van der Waals surface area contributed by atoms with E-state index in [2.05, 4.69) is 58.0 Å². The van der Waals surface area contributed by atoms with Gasteiger partial charge in [-0.05, 0) is 36.6 Å². The molecule has 5 aromatic rings. The zero-order chi connectivity index (χ0) is 23.5. The van der Waals surface area contributed by atoms with Crippen LogP contribution in [0.4, 0.5) is 0 Å². The van der Waals surface area contributed by atoms with Crippen LogP contribution >= 0.6 is 0 Å². The summed E-state index contributed by atoms with van der Waals surface area (Å²) in [7, 11) is 0. The molecule has 0 saturated heterocycles. The fourth-order valence-corrected chi connectivity index (χ4v) is 4.69. The first-order chi connectivity index (χ1) is 16.6. The number of carbonyl (C=O) groups excluding carboxylic acids is 1. The fraction of sp³-hybridized carbons (Fsp3) is 0.172. The Kier molecular flexibility index (Phi) is 6.00. The van der Waals surface area contributed by atoms with Crippen LogP contribution in [-0.4, -0.2) is 27.2 Å². The van der Waals surface area contributed by atoms with Crippen LogP contribution < -0.4 is 5.32 Å². The van der Waals surface area contributed by atoms with Crippen LogP contribution in [0.15, 0.2) is 91.1 Å². The maximum Gasteiger partial charge on any atom is 0.255 e. The topological polar surface area (TPSA) is 62.7 Å². The number of aromatic nitrogens is 3. The van der Waals surface area contributed by atoms with Crippen LogP contribution in [0, 0.1) is 13.8 Å². The van der Waals surface area contributed by atoms with E-state index in [9.17, 15) is 4.79 Å². The Hall–Kier alpha value is -4.12. The highest BCUT2D eigenvalue weighted by molar-refractivity contribution is 5.96. The van der Waals surface area contributed by atoms with Crippen molar-refractivity contribution in [3.63, 3.8) is 0 Å². The van der Waals surface area contributed by atoms with Gasteiger partial charge in [-0.25, -0.2) is 0 Å². The lowest BCUT2D eigenvalue weighted by Crippen LogP contribution is -2.29. The van der Waals surface area contributed by atoms with E-state index in [4.69, 9.17) is 0 Å². The number of para-hydroxylation sites is 1. The van der Waals surface area contributed by atoms with Crippen LogP contribution in [-0.2, 0) is 6.54 Å². The minimum atomic E-state index is -0.0879. The number of fused-ring (bicyclic) bond motifs is 1. The van der Waals surface area contributed by atoms with Gasteiger partial charge in [0.25, 0.3) is 5.91 Å². The molecule has 1 atom stereocenters. The number of aromatic amines is 1. The highest BCUT2D eigenvalue weighted by atomic mass is 16.1. The molecule has 0 fully saturated rings. The van der Waals surface area contributed by atoms with E-state index in [-0.39, 0.29) is 11.8 Å². The number of carbonyl (C=O) groups is 1. The molecule has 1 unspecified atom stereocenters. The van der Waals surface area contributed by atoms with E-state index in [0.29, 0.717) is 18.7 Å². The molecule has 0 bridgehead atoms. The molecule has 34 heavy (non-hydrogen) atoms. The molecule has 0 aliphatic carbocycles. The summed E-state index contributed by atoms with van der Waals surface area (Å²) in [5.41, 5.74) is 6.87. The van der Waals surface area contributed by atoms with Gasteiger partial charge in [-0.2, -0.15) is 5.10 Å². The number of hydrogen-bond donors (Lipinski definition) is 2. The highest BCUT2D eigenvalue weighted by Crippen LogP contribution is 2.30. The van der Waals surface area contributed by atoms with Crippen LogP contribution in [0.25, 0.3) is 10.9 Å². The summed E-state index contributed by atoms with van der Waals surface area (Å²) >= 11 is 0. The molecule has 0 radical (unpaired) electrons. The van der Waals surface area contributed by atoms with Crippen molar-refractivity contribution in [2.24, 2.45) is 0 Å². The van der Waals surface area contributed by atoms with Gasteiger partial charge in [0.2, 0.25) is 0 Å². The third-order valence-electron chi connectivity index (χ3n) is 6.45. The summed E-state index contributed by atoms with van der Waals surface area (Å²) in [6.07, 6.45) is 2.06. The van der Waals surface area contributed by atoms with E-state index in [1.807, 2.05) is 67.1 Å². The average molecular weight is 449 g/mol. The zero-order valence-electron chi connectivity index (χ0n) is 19.5. The number of aryl methyl sites for hydroxylation is 1. The maximum absolute atomic E-state index is 13.3. The minimum Gasteiger partial charge on any atom is -0.361 e. The predicted molar refractivity (Wildman–Crippen MR) is 136 cm³/mol. The van der Waals surface area contributed by atoms with Crippen molar-refractivity contribution in [1.82, 2.24) is 20.1 Å². The number of amides is 1. The molecule has 0 aliphatic heterocycles. The second-order valence-electron chi connectivity index (χ2n) is 8.65. The number of H-pyrrole nitrogens is 1. The smallest absolute Gasteiger partial charge is 0.255 e. The summed E-state index contributed by atoms with van der Waals surface area (Å²) in [6, 6.07) is 28.8. The second-order valence-corrected chi connectivity index (χ2v) is 8.65. The van der Waals surface area contributed by atoms with Crippen molar-refractivity contribution in [3.05, 3.63) is 125 Å². The third kappa shape index (κ3) is 4.25. The first-order valence-electron chi connectivity index (χ1n) is 11.6. The van der Waals surface area contributed by atoms with Crippen LogP contribution in [0.3, 0.4) is 0 Å². The summed E-state index contributed by atoms with van der Waals surface area (Å²) in [5, 5.41) is 9.03. The Morgan fingerprint density at radius 1 is 0.941 bits per heavy atom. The summed E-state index contributed by atoms with van der Waals surface area (Å²) in [4.78, 5) is 16.7. The van der Waals surface area contributed by atoms with E-state index in [1.165, 1.54) is 16.5 Å². The van der Waals surface area contributed by atoms with Gasteiger partial charge in [-0.3, -0.25) is 9.48 Å². The predicted octanol–water partition coefficient (Wildman–Crippen LogP) is 5.59. The van der Waals surface area contributed by atoms with Crippen molar-refractivity contribution >= 4 is 16.8 Å². The van der Waals surface area contributed by atoms with E-state index in [0.717, 1.165) is 22.5 Å². The van der Waals surface area contributed by atoms with E-state index < -0.39 is 0 Å². The Morgan fingerprint density at radius 3 is 2.38 bits per heavy atom. The van der Waals surface area contributed by atoms with Gasteiger partial charge in [-0.15, -0.1) is 0 Å². The van der Waals surface area contributed by atoms with Crippen molar-refractivity contribution in [1.29, 1.82) is 0 Å². The van der Waals surface area contributed by atoms with Crippen LogP contribution in [0.2, 0.25) is 0 Å². The van der Waals surface area contributed by atoms with Gasteiger partial charge < -0.3 is 10.3 Å². The number of hydrogen-bond acceptors (Lipinski definition) is 2. The normalized spacial score (nSPS) is 12.1. The highest BCUT2D eigenvalue weighted by Gasteiger charge is 2.22. The molecule has 5 rings (SSSR count). The number of nitrogens with one attached hydrogen (secondary N) is 2. The van der Waals surface area contributed by atoms with Crippen LogP contribution in [0.5, 0.6) is 0 Å². The van der Waals surface area contributed by atoms with Crippen LogP contribution in [0.1, 0.15) is 44.4 Å². The summed E-state index contributed by atoms with van der Waals surface area (Å²) in [5.74, 6) is -0.0589. The van der Waals surface area contributed by atoms with E-state index in [1.54, 1.807) is 0 Å². The van der Waals surface area contributed by atoms with Crippen molar-refractivity contribution in [2.75, 3.05) is 6.54 Å². The lowest BCUT2D eigenvalue weighted by Gasteiger charge is -2.18. The molecule has 1 amide bonds. The lowest BCUT2D eigenvalue weighted by molar-refractivity contribution is 0.0951. The Balaban J connectivity index is 1.40. The van der Waals surface area contributed by atoms with Gasteiger partial charge in [-0.1, -0.05) is 78.9 Å². The van der Waals surface area contributed by atoms with Gasteiger partial charge in [0.15, 0.2) is 0 Å². The molecule has 0 spiro atoms. The average Bonchev–Trinajstić information content (AvgIpc) is 3.41. The molecule has 170 valence electrons. The Bertz CT molecular complexity index is 1420. The summed E-state index contributed by atoms with van der Waals surface area (Å²) < 4.78 is 1.91. The van der Waals surface area contributed by atoms with Gasteiger partial charge in [0, 0.05) is 35.3 Å². The quantitative estimate of drug-likeness (QED) is 0.341. The van der Waals surface area contributed by atoms with Gasteiger partial charge in [0.05, 0.1) is 17.8 Å². The first kappa shape index (κ1) is 21.7. The number of benzene rings is 3. The molecule has 0 aliphatic rings. The van der Waals surface area contributed by atoms with Gasteiger partial charge >= 0.3 is 0 Å². The van der Waals surface area contributed by atoms with Crippen molar-refractivity contribution < 1.29 is 4.79 Å². The first-order valence-corrected chi connectivity index (χ1v) is 11.6.